The van der Waals surface area contributed by atoms with Crippen molar-refractivity contribution in [3.05, 3.63) is 71.4 Å². The molecule has 2 aliphatic heterocycles. The number of carbonyl (C=O) groups is 2. The summed E-state index contributed by atoms with van der Waals surface area (Å²) in [5.74, 6) is 1.93. The lowest BCUT2D eigenvalue weighted by atomic mass is 10.0. The van der Waals surface area contributed by atoms with Gasteiger partial charge in [0, 0.05) is 42.2 Å². The van der Waals surface area contributed by atoms with Crippen molar-refractivity contribution in [3.8, 4) is 22.8 Å². The van der Waals surface area contributed by atoms with Gasteiger partial charge in [-0.15, -0.1) is 0 Å². The third kappa shape index (κ3) is 6.67. The molecule has 0 aliphatic carbocycles. The molecule has 0 bridgehead atoms. The maximum absolute atomic E-state index is 13.2. The second-order valence-electron chi connectivity index (χ2n) is 11.6. The molecular formula is C32H39N5O3. The first-order chi connectivity index (χ1) is 19.2. The molecule has 2 fully saturated rings. The minimum atomic E-state index is -0.101. The van der Waals surface area contributed by atoms with E-state index >= 15 is 0 Å². The molecule has 2 saturated heterocycles. The smallest absolute Gasteiger partial charge is 0.251 e. The Morgan fingerprint density at radius 1 is 1.05 bits per heavy atom. The first-order valence-corrected chi connectivity index (χ1v) is 14.3. The summed E-state index contributed by atoms with van der Waals surface area (Å²) in [5.41, 5.74) is 4.12. The largest absolute Gasteiger partial charge is 0.457 e. The second-order valence-corrected chi connectivity index (χ2v) is 11.6. The number of piperidine rings is 1. The first-order valence-electron chi connectivity index (χ1n) is 14.3. The fourth-order valence-corrected chi connectivity index (χ4v) is 5.30. The summed E-state index contributed by atoms with van der Waals surface area (Å²) in [6.07, 6.45) is 2.45. The number of amides is 2. The average molecular weight is 542 g/mol. The quantitative estimate of drug-likeness (QED) is 0.419. The van der Waals surface area contributed by atoms with Crippen molar-refractivity contribution in [2.75, 3.05) is 26.7 Å². The van der Waals surface area contributed by atoms with E-state index in [4.69, 9.17) is 4.74 Å². The van der Waals surface area contributed by atoms with Gasteiger partial charge in [-0.05, 0) is 93.3 Å². The lowest BCUT2D eigenvalue weighted by molar-refractivity contribution is -0.128. The Balaban J connectivity index is 1.35. The number of nitrogens with zero attached hydrogens (tertiary/aromatic N) is 4. The van der Waals surface area contributed by atoms with Gasteiger partial charge in [-0.1, -0.05) is 26.8 Å². The van der Waals surface area contributed by atoms with Crippen LogP contribution in [0.5, 0.6) is 11.5 Å². The minimum absolute atomic E-state index is 0.101. The normalized spacial score (nSPS) is 18.4. The average Bonchev–Trinajstić information content (AvgIpc) is 3.27. The van der Waals surface area contributed by atoms with Crippen molar-refractivity contribution in [3.63, 3.8) is 0 Å². The van der Waals surface area contributed by atoms with Crippen molar-refractivity contribution in [2.45, 2.75) is 58.5 Å². The Bertz CT molecular complexity index is 1330. The molecule has 8 heteroatoms. The van der Waals surface area contributed by atoms with Gasteiger partial charge >= 0.3 is 0 Å². The molecule has 0 saturated carbocycles. The number of rotatable bonds is 8. The molecule has 2 aliphatic rings. The standard InChI is InChI=1S/C32H39N5O3/c1-21(2)28-11-12-29(35-34-28)23-7-9-27(10-8-23)40-30-18-24(32(39)33-26-13-15-36(4)16-14-26)5-6-25(30)20-37-19-22(3)17-31(37)38/h5-12,18,21-22,26H,13-17,19-20H2,1-4H3,(H,33,39). The van der Waals surface area contributed by atoms with Crippen LogP contribution in [0.3, 0.4) is 0 Å². The van der Waals surface area contributed by atoms with Gasteiger partial charge in [-0.25, -0.2) is 0 Å². The van der Waals surface area contributed by atoms with E-state index in [-0.39, 0.29) is 17.9 Å². The van der Waals surface area contributed by atoms with Gasteiger partial charge < -0.3 is 19.9 Å². The first kappa shape index (κ1) is 27.8. The highest BCUT2D eigenvalue weighted by atomic mass is 16.5. The topological polar surface area (TPSA) is 87.7 Å². The van der Waals surface area contributed by atoms with Crippen molar-refractivity contribution in [2.24, 2.45) is 5.92 Å². The van der Waals surface area contributed by atoms with Crippen LogP contribution in [0.1, 0.15) is 67.6 Å². The van der Waals surface area contributed by atoms with Gasteiger partial charge in [0.05, 0.1) is 11.4 Å². The summed E-state index contributed by atoms with van der Waals surface area (Å²) >= 11 is 0. The summed E-state index contributed by atoms with van der Waals surface area (Å²) in [6.45, 7) is 9.41. The van der Waals surface area contributed by atoms with Crippen molar-refractivity contribution >= 4 is 11.8 Å². The van der Waals surface area contributed by atoms with Gasteiger partial charge in [-0.2, -0.15) is 10.2 Å². The minimum Gasteiger partial charge on any atom is -0.457 e. The highest BCUT2D eigenvalue weighted by molar-refractivity contribution is 5.95. The number of hydrogen-bond acceptors (Lipinski definition) is 6. The number of ether oxygens (including phenoxy) is 1. The molecule has 1 unspecified atom stereocenters. The molecule has 2 aromatic carbocycles. The molecule has 40 heavy (non-hydrogen) atoms. The highest BCUT2D eigenvalue weighted by Crippen LogP contribution is 2.31. The molecule has 1 aromatic heterocycles. The van der Waals surface area contributed by atoms with E-state index in [2.05, 4.69) is 48.2 Å². The maximum Gasteiger partial charge on any atom is 0.251 e. The van der Waals surface area contributed by atoms with E-state index in [1.165, 1.54) is 0 Å². The van der Waals surface area contributed by atoms with E-state index in [1.807, 2.05) is 53.4 Å². The Labute approximate surface area is 236 Å². The van der Waals surface area contributed by atoms with Crippen LogP contribution in [0.15, 0.2) is 54.6 Å². The van der Waals surface area contributed by atoms with Crippen molar-refractivity contribution in [1.82, 2.24) is 25.3 Å². The Morgan fingerprint density at radius 2 is 1.80 bits per heavy atom. The zero-order chi connectivity index (χ0) is 28.2. The van der Waals surface area contributed by atoms with E-state index in [1.54, 1.807) is 6.07 Å². The van der Waals surface area contributed by atoms with Gasteiger partial charge in [0.25, 0.3) is 5.91 Å². The van der Waals surface area contributed by atoms with Crippen LogP contribution in [-0.2, 0) is 11.3 Å². The highest BCUT2D eigenvalue weighted by Gasteiger charge is 2.27. The van der Waals surface area contributed by atoms with Gasteiger partial charge in [0.2, 0.25) is 5.91 Å². The van der Waals surface area contributed by atoms with Crippen LogP contribution >= 0.6 is 0 Å². The van der Waals surface area contributed by atoms with Crippen LogP contribution in [0, 0.1) is 5.92 Å². The van der Waals surface area contributed by atoms with E-state index < -0.39 is 0 Å². The van der Waals surface area contributed by atoms with Crippen LogP contribution in [0.4, 0.5) is 0 Å². The molecule has 2 amide bonds. The van der Waals surface area contributed by atoms with Gasteiger partial charge in [0.15, 0.2) is 0 Å². The molecule has 3 aromatic rings. The van der Waals surface area contributed by atoms with Crippen molar-refractivity contribution in [1.29, 1.82) is 0 Å². The number of likely N-dealkylation sites (tertiary alicyclic amines) is 2. The molecule has 1 N–H and O–H groups in total. The molecule has 5 rings (SSSR count). The molecule has 0 radical (unpaired) electrons. The molecule has 3 heterocycles. The maximum atomic E-state index is 13.2. The summed E-state index contributed by atoms with van der Waals surface area (Å²) in [6, 6.07) is 17.4. The monoisotopic (exact) mass is 541 g/mol. The molecule has 8 nitrogen and oxygen atoms in total. The van der Waals surface area contributed by atoms with Gasteiger partial charge in [-0.3, -0.25) is 9.59 Å². The fourth-order valence-electron chi connectivity index (χ4n) is 5.30. The molecule has 210 valence electrons. The predicted octanol–water partition coefficient (Wildman–Crippen LogP) is 5.25. The lowest BCUT2D eigenvalue weighted by Crippen LogP contribution is -2.43. The van der Waals surface area contributed by atoms with Crippen LogP contribution in [0.25, 0.3) is 11.3 Å². The number of benzene rings is 2. The third-order valence-electron chi connectivity index (χ3n) is 7.81. The Hall–Kier alpha value is -3.78. The van der Waals surface area contributed by atoms with Crippen molar-refractivity contribution < 1.29 is 14.3 Å². The van der Waals surface area contributed by atoms with Crippen LogP contribution in [0.2, 0.25) is 0 Å². The third-order valence-corrected chi connectivity index (χ3v) is 7.81. The summed E-state index contributed by atoms with van der Waals surface area (Å²) in [5, 5.41) is 11.9. The number of nitrogens with one attached hydrogen (secondary N) is 1. The number of carbonyl (C=O) groups excluding carboxylic acids is 2. The SMILES string of the molecule is CC1CC(=O)N(Cc2ccc(C(=O)NC3CCN(C)CC3)cc2Oc2ccc(-c3ccc(C(C)C)nn3)cc2)C1. The van der Waals surface area contributed by atoms with Crippen LogP contribution < -0.4 is 10.1 Å². The summed E-state index contributed by atoms with van der Waals surface area (Å²) in [7, 11) is 2.11. The zero-order valence-electron chi connectivity index (χ0n) is 23.9. The molecule has 1 atom stereocenters. The van der Waals surface area contributed by atoms with E-state index in [0.717, 1.165) is 55.0 Å². The number of hydrogen-bond donors (Lipinski definition) is 1. The Kier molecular flexibility index (Phi) is 8.45. The summed E-state index contributed by atoms with van der Waals surface area (Å²) in [4.78, 5) is 29.8. The lowest BCUT2D eigenvalue weighted by Gasteiger charge is -2.29. The number of aromatic nitrogens is 2. The van der Waals surface area contributed by atoms with Gasteiger partial charge in [0.1, 0.15) is 11.5 Å². The summed E-state index contributed by atoms with van der Waals surface area (Å²) < 4.78 is 6.36. The predicted molar refractivity (Wildman–Crippen MR) is 155 cm³/mol. The molecule has 0 spiro atoms. The van der Waals surface area contributed by atoms with Crippen LogP contribution in [-0.4, -0.2) is 64.5 Å². The molecular weight excluding hydrogens is 502 g/mol. The fraction of sp³-hybridized carbons (Fsp3) is 0.438. The second kappa shape index (κ2) is 12.2. The van der Waals surface area contributed by atoms with E-state index in [0.29, 0.717) is 41.9 Å². The zero-order valence-corrected chi connectivity index (χ0v) is 23.9. The van der Waals surface area contributed by atoms with E-state index in [9.17, 15) is 9.59 Å². The Morgan fingerprint density at radius 3 is 2.42 bits per heavy atom.